The van der Waals surface area contributed by atoms with E-state index in [4.69, 9.17) is 11.6 Å². The van der Waals surface area contributed by atoms with Gasteiger partial charge in [0.2, 0.25) is 5.95 Å². The number of hydrogen-bond donors (Lipinski definition) is 2. The van der Waals surface area contributed by atoms with Crippen LogP contribution in [0.1, 0.15) is 16.7 Å². The molecule has 6 bridgehead atoms. The first-order valence-corrected chi connectivity index (χ1v) is 8.15. The molecular weight excluding hydrogens is 322 g/mol. The molecule has 120 valence electrons. The maximum atomic E-state index is 6.24. The molecule has 0 radical (unpaired) electrons. The number of hydrogen-bond acceptors (Lipinski definition) is 5. The second-order valence-corrected chi connectivity index (χ2v) is 6.27. The molecule has 2 aromatic heterocycles. The zero-order chi connectivity index (χ0) is 16.5. The lowest BCUT2D eigenvalue weighted by Gasteiger charge is -2.11. The second kappa shape index (κ2) is 6.09. The Morgan fingerprint density at radius 3 is 2.83 bits per heavy atom. The van der Waals surface area contributed by atoms with E-state index < -0.39 is 0 Å². The van der Waals surface area contributed by atoms with E-state index in [0.29, 0.717) is 16.8 Å². The van der Waals surface area contributed by atoms with Crippen LogP contribution >= 0.6 is 11.6 Å². The first-order chi connectivity index (χ1) is 11.7. The summed E-state index contributed by atoms with van der Waals surface area (Å²) in [5.41, 5.74) is 5.57. The van der Waals surface area contributed by atoms with Crippen LogP contribution in [0.3, 0.4) is 0 Å². The van der Waals surface area contributed by atoms with Gasteiger partial charge in [-0.2, -0.15) is 4.98 Å². The average molecular weight is 338 g/mol. The van der Waals surface area contributed by atoms with Gasteiger partial charge in [0.1, 0.15) is 5.02 Å². The number of aromatic nitrogens is 3. The van der Waals surface area contributed by atoms with Gasteiger partial charge in [-0.25, -0.2) is 4.98 Å². The topological polar surface area (TPSA) is 62.7 Å². The summed E-state index contributed by atoms with van der Waals surface area (Å²) in [7, 11) is 0. The molecule has 2 N–H and O–H groups in total. The fraction of sp³-hybridized carbons (Fsp3) is 0.167. The molecule has 3 aromatic rings. The molecule has 0 spiro atoms. The largest absolute Gasteiger partial charge is 0.339 e. The van der Waals surface area contributed by atoms with Gasteiger partial charge >= 0.3 is 0 Å². The molecule has 1 aromatic carbocycles. The molecule has 0 amide bonds. The first kappa shape index (κ1) is 14.9. The number of halogens is 1. The minimum absolute atomic E-state index is 0.476. The van der Waals surface area contributed by atoms with Crippen LogP contribution in [0.25, 0.3) is 0 Å². The fourth-order valence-electron chi connectivity index (χ4n) is 2.77. The van der Waals surface area contributed by atoms with E-state index >= 15 is 0 Å². The summed E-state index contributed by atoms with van der Waals surface area (Å²) in [5, 5.41) is 6.95. The molecule has 0 atom stereocenters. The standard InChI is InChI=1S/C18H16ClN5/c1-11-2-5-14-7-13(11)4-3-12-6-15(9-20-8-12)23-18-21-10-16(19)17(22-14)24-18/h2,5-10H,3-4H2,1H3,(H2,21,22,23,24). The van der Waals surface area contributed by atoms with Gasteiger partial charge in [0.15, 0.2) is 5.82 Å². The fourth-order valence-corrected chi connectivity index (χ4v) is 2.91. The van der Waals surface area contributed by atoms with E-state index in [2.05, 4.69) is 50.7 Å². The Balaban J connectivity index is 1.84. The van der Waals surface area contributed by atoms with Crippen molar-refractivity contribution < 1.29 is 0 Å². The summed E-state index contributed by atoms with van der Waals surface area (Å²) >= 11 is 6.24. The van der Waals surface area contributed by atoms with E-state index in [1.54, 1.807) is 12.4 Å². The van der Waals surface area contributed by atoms with Crippen LogP contribution in [0.2, 0.25) is 5.02 Å². The van der Waals surface area contributed by atoms with Crippen LogP contribution in [0.4, 0.5) is 23.1 Å². The first-order valence-electron chi connectivity index (χ1n) is 7.77. The summed E-state index contributed by atoms with van der Waals surface area (Å²) in [6, 6.07) is 8.37. The second-order valence-electron chi connectivity index (χ2n) is 5.86. The summed E-state index contributed by atoms with van der Waals surface area (Å²) in [6.45, 7) is 2.13. The minimum Gasteiger partial charge on any atom is -0.339 e. The van der Waals surface area contributed by atoms with E-state index in [-0.39, 0.29) is 0 Å². The highest BCUT2D eigenvalue weighted by atomic mass is 35.5. The van der Waals surface area contributed by atoms with Crippen molar-refractivity contribution in [3.05, 3.63) is 64.6 Å². The Hall–Kier alpha value is -2.66. The van der Waals surface area contributed by atoms with Crippen molar-refractivity contribution in [2.24, 2.45) is 0 Å². The number of nitrogens with one attached hydrogen (secondary N) is 2. The van der Waals surface area contributed by atoms with Gasteiger partial charge < -0.3 is 10.6 Å². The highest BCUT2D eigenvalue weighted by Gasteiger charge is 2.10. The predicted octanol–water partition coefficient (Wildman–Crippen LogP) is 4.42. The van der Waals surface area contributed by atoms with Crippen molar-refractivity contribution in [1.82, 2.24) is 15.0 Å². The number of benzene rings is 1. The lowest BCUT2D eigenvalue weighted by Crippen LogP contribution is -2.02. The quantitative estimate of drug-likeness (QED) is 0.635. The third-order valence-electron chi connectivity index (χ3n) is 4.09. The lowest BCUT2D eigenvalue weighted by atomic mass is 10.0. The van der Waals surface area contributed by atoms with Crippen LogP contribution in [0, 0.1) is 6.92 Å². The van der Waals surface area contributed by atoms with Crippen LogP contribution in [0.15, 0.2) is 42.9 Å². The van der Waals surface area contributed by atoms with Crippen LogP contribution < -0.4 is 10.6 Å². The predicted molar refractivity (Wildman–Crippen MR) is 96.4 cm³/mol. The highest BCUT2D eigenvalue weighted by Crippen LogP contribution is 2.27. The molecule has 0 unspecified atom stereocenters. The van der Waals surface area contributed by atoms with Crippen LogP contribution in [-0.4, -0.2) is 15.0 Å². The van der Waals surface area contributed by atoms with Crippen molar-refractivity contribution in [3.8, 4) is 0 Å². The Morgan fingerprint density at radius 1 is 1.00 bits per heavy atom. The van der Waals surface area contributed by atoms with Gasteiger partial charge in [-0.3, -0.25) is 4.98 Å². The third kappa shape index (κ3) is 3.03. The lowest BCUT2D eigenvalue weighted by molar-refractivity contribution is 0.941. The molecule has 5 nitrogen and oxygen atoms in total. The molecule has 0 aliphatic carbocycles. The smallest absolute Gasteiger partial charge is 0.229 e. The van der Waals surface area contributed by atoms with Crippen molar-refractivity contribution >= 4 is 34.7 Å². The molecule has 0 saturated heterocycles. The summed E-state index contributed by atoms with van der Waals surface area (Å²) < 4.78 is 0. The molecular formula is C18H16ClN5. The number of aryl methyl sites for hydroxylation is 3. The summed E-state index contributed by atoms with van der Waals surface area (Å²) in [4.78, 5) is 13.0. The zero-order valence-corrected chi connectivity index (χ0v) is 13.9. The van der Waals surface area contributed by atoms with Gasteiger partial charge in [-0.1, -0.05) is 17.7 Å². The molecule has 4 rings (SSSR count). The van der Waals surface area contributed by atoms with Gasteiger partial charge in [-0.15, -0.1) is 0 Å². The van der Waals surface area contributed by atoms with Crippen molar-refractivity contribution in [3.63, 3.8) is 0 Å². The third-order valence-corrected chi connectivity index (χ3v) is 4.37. The highest BCUT2D eigenvalue weighted by molar-refractivity contribution is 6.32. The van der Waals surface area contributed by atoms with E-state index in [0.717, 1.165) is 24.2 Å². The molecule has 0 saturated carbocycles. The molecule has 0 fully saturated rings. The van der Waals surface area contributed by atoms with E-state index in [1.165, 1.54) is 16.7 Å². The monoisotopic (exact) mass is 337 g/mol. The SMILES string of the molecule is Cc1ccc2cc1CCc1cncc(c1)Nc1ncc(Cl)c(n1)N2. The average Bonchev–Trinajstić information content (AvgIpc) is 2.58. The Kier molecular flexibility index (Phi) is 3.78. The van der Waals surface area contributed by atoms with Gasteiger partial charge in [-0.05, 0) is 54.7 Å². The Bertz CT molecular complexity index is 910. The number of fused-ring (bicyclic) bond motifs is 6. The number of nitrogens with zero attached hydrogens (tertiary/aromatic N) is 3. The van der Waals surface area contributed by atoms with Crippen LogP contribution in [0.5, 0.6) is 0 Å². The molecule has 6 heteroatoms. The van der Waals surface area contributed by atoms with Crippen molar-refractivity contribution in [1.29, 1.82) is 0 Å². The van der Waals surface area contributed by atoms with Crippen molar-refractivity contribution in [2.45, 2.75) is 19.8 Å². The normalized spacial score (nSPS) is 12.9. The van der Waals surface area contributed by atoms with Gasteiger partial charge in [0.25, 0.3) is 0 Å². The zero-order valence-electron chi connectivity index (χ0n) is 13.2. The molecule has 1 aliphatic heterocycles. The van der Waals surface area contributed by atoms with Gasteiger partial charge in [0.05, 0.1) is 18.1 Å². The Morgan fingerprint density at radius 2 is 1.92 bits per heavy atom. The minimum atomic E-state index is 0.476. The van der Waals surface area contributed by atoms with E-state index in [1.807, 2.05) is 12.3 Å². The molecule has 3 heterocycles. The van der Waals surface area contributed by atoms with E-state index in [9.17, 15) is 0 Å². The summed E-state index contributed by atoms with van der Waals surface area (Å²) in [6.07, 6.45) is 7.12. The number of rotatable bonds is 0. The number of pyridine rings is 1. The molecule has 1 aliphatic rings. The maximum Gasteiger partial charge on any atom is 0.229 e. The summed E-state index contributed by atoms with van der Waals surface area (Å²) in [5.74, 6) is 1.06. The van der Waals surface area contributed by atoms with Crippen molar-refractivity contribution in [2.75, 3.05) is 10.6 Å². The van der Waals surface area contributed by atoms with Crippen LogP contribution in [-0.2, 0) is 12.8 Å². The maximum absolute atomic E-state index is 6.24. The van der Waals surface area contributed by atoms with Gasteiger partial charge in [0, 0.05) is 11.9 Å². The number of anilines is 4. The molecule has 24 heavy (non-hydrogen) atoms. The Labute approximate surface area is 145 Å².